The molecule has 0 aliphatic rings. The largest absolute Gasteiger partial charge is 0.347 e. The van der Waals surface area contributed by atoms with E-state index in [2.05, 4.69) is 30.8 Å². The van der Waals surface area contributed by atoms with Crippen molar-refractivity contribution < 1.29 is 9.18 Å². The molecule has 1 atom stereocenters. The van der Waals surface area contributed by atoms with Crippen molar-refractivity contribution in [2.24, 2.45) is 0 Å². The van der Waals surface area contributed by atoms with Gasteiger partial charge >= 0.3 is 0 Å². The average molecular weight is 289 g/mol. The Labute approximate surface area is 118 Å². The Morgan fingerprint density at radius 1 is 1.52 bits per heavy atom. The number of benzene rings is 1. The number of tetrazole rings is 1. The predicted octanol–water partition coefficient (Wildman–Crippen LogP) is 0.566. The molecule has 0 aliphatic heterocycles. The number of hydrogen-bond donors (Lipinski definition) is 2. The number of H-pyrrole nitrogens is 1. The second kappa shape index (κ2) is 5.27. The monoisotopic (exact) mass is 289 g/mol. The number of carbonyl (C=O) groups excluding carboxylic acids is 1. The highest BCUT2D eigenvalue weighted by Crippen LogP contribution is 2.13. The number of rotatable bonds is 4. The lowest BCUT2D eigenvalue weighted by atomic mass is 10.3. The molecule has 0 bridgehead atoms. The fourth-order valence-electron chi connectivity index (χ4n) is 1.90. The molecule has 1 aromatic carbocycles. The second-order valence-corrected chi connectivity index (χ2v) is 4.53. The first-order chi connectivity index (χ1) is 10.1. The van der Waals surface area contributed by atoms with E-state index < -0.39 is 6.04 Å². The summed E-state index contributed by atoms with van der Waals surface area (Å²) < 4.78 is 14.4. The van der Waals surface area contributed by atoms with Crippen LogP contribution in [0.25, 0.3) is 11.0 Å². The molecule has 0 fully saturated rings. The van der Waals surface area contributed by atoms with Crippen LogP contribution in [0.5, 0.6) is 0 Å². The van der Waals surface area contributed by atoms with Crippen molar-refractivity contribution in [3.63, 3.8) is 0 Å². The first-order valence-electron chi connectivity index (χ1n) is 6.28. The zero-order chi connectivity index (χ0) is 14.8. The smallest absolute Gasteiger partial charge is 0.245 e. The molecule has 9 heteroatoms. The molecule has 2 heterocycles. The van der Waals surface area contributed by atoms with Crippen LogP contribution >= 0.6 is 0 Å². The van der Waals surface area contributed by atoms with E-state index >= 15 is 0 Å². The Hall–Kier alpha value is -2.84. The molecular formula is C12H12FN7O. The number of halogens is 1. The number of imidazole rings is 1. The van der Waals surface area contributed by atoms with Crippen LogP contribution in [0.1, 0.15) is 18.8 Å². The minimum absolute atomic E-state index is 0.210. The lowest BCUT2D eigenvalue weighted by Crippen LogP contribution is -2.31. The van der Waals surface area contributed by atoms with Gasteiger partial charge in [0.15, 0.2) is 0 Å². The standard InChI is InChI=1S/C12H12FN7O/c1-7(20-6-15-18-19-20)12(21)14-5-11-16-9-3-2-8(13)4-10(9)17-11/h2-4,6-7H,5H2,1H3,(H,14,21)(H,16,17)/t7-/m0/s1. The molecule has 0 saturated carbocycles. The van der Waals surface area contributed by atoms with Crippen LogP contribution < -0.4 is 5.32 Å². The summed E-state index contributed by atoms with van der Waals surface area (Å²) in [6, 6.07) is 3.75. The Bertz CT molecular complexity index is 767. The molecule has 108 valence electrons. The third kappa shape index (κ3) is 2.71. The normalized spacial score (nSPS) is 12.5. The van der Waals surface area contributed by atoms with Crippen LogP contribution in [0.15, 0.2) is 24.5 Å². The van der Waals surface area contributed by atoms with Crippen molar-refractivity contribution in [3.8, 4) is 0 Å². The summed E-state index contributed by atoms with van der Waals surface area (Å²) in [6.45, 7) is 1.89. The number of aromatic amines is 1. The maximum Gasteiger partial charge on any atom is 0.245 e. The molecule has 3 aromatic rings. The number of hydrogen-bond acceptors (Lipinski definition) is 5. The van der Waals surface area contributed by atoms with E-state index in [9.17, 15) is 9.18 Å². The molecule has 0 unspecified atom stereocenters. The maximum absolute atomic E-state index is 13.1. The van der Waals surface area contributed by atoms with Crippen LogP contribution in [0, 0.1) is 5.82 Å². The third-order valence-corrected chi connectivity index (χ3v) is 3.06. The van der Waals surface area contributed by atoms with Crippen molar-refractivity contribution in [2.45, 2.75) is 19.5 Å². The maximum atomic E-state index is 13.1. The van der Waals surface area contributed by atoms with Crippen LogP contribution in [0.3, 0.4) is 0 Å². The van der Waals surface area contributed by atoms with Crippen LogP contribution in [-0.4, -0.2) is 36.1 Å². The predicted molar refractivity (Wildman–Crippen MR) is 70.4 cm³/mol. The molecule has 2 N–H and O–H groups in total. The summed E-state index contributed by atoms with van der Waals surface area (Å²) in [6.07, 6.45) is 1.37. The minimum Gasteiger partial charge on any atom is -0.347 e. The molecule has 8 nitrogen and oxygen atoms in total. The van der Waals surface area contributed by atoms with E-state index in [4.69, 9.17) is 0 Å². The van der Waals surface area contributed by atoms with Gasteiger partial charge < -0.3 is 10.3 Å². The van der Waals surface area contributed by atoms with Gasteiger partial charge in [-0.15, -0.1) is 5.10 Å². The van der Waals surface area contributed by atoms with Gasteiger partial charge in [0.2, 0.25) is 5.91 Å². The van der Waals surface area contributed by atoms with Crippen LogP contribution in [-0.2, 0) is 11.3 Å². The quantitative estimate of drug-likeness (QED) is 0.731. The molecule has 0 aliphatic carbocycles. The van der Waals surface area contributed by atoms with E-state index in [1.165, 1.54) is 23.1 Å². The average Bonchev–Trinajstić information content (AvgIpc) is 3.12. The molecule has 21 heavy (non-hydrogen) atoms. The van der Waals surface area contributed by atoms with E-state index in [-0.39, 0.29) is 18.3 Å². The van der Waals surface area contributed by atoms with Crippen molar-refractivity contribution in [1.29, 1.82) is 0 Å². The van der Waals surface area contributed by atoms with Crippen molar-refractivity contribution in [2.75, 3.05) is 0 Å². The summed E-state index contributed by atoms with van der Waals surface area (Å²) in [5, 5.41) is 13.3. The SMILES string of the molecule is C[C@@H](C(=O)NCc1nc2ccc(F)cc2[nH]1)n1cnnn1. The molecule has 0 spiro atoms. The zero-order valence-corrected chi connectivity index (χ0v) is 11.1. The Morgan fingerprint density at radius 2 is 2.38 bits per heavy atom. The molecule has 2 aromatic heterocycles. The number of nitrogens with one attached hydrogen (secondary N) is 2. The highest BCUT2D eigenvalue weighted by atomic mass is 19.1. The molecular weight excluding hydrogens is 277 g/mol. The summed E-state index contributed by atoms with van der Waals surface area (Å²) in [4.78, 5) is 19.2. The minimum atomic E-state index is -0.526. The molecule has 0 radical (unpaired) electrons. The van der Waals surface area contributed by atoms with Gasteiger partial charge in [0.05, 0.1) is 17.6 Å². The number of amides is 1. The lowest BCUT2D eigenvalue weighted by molar-refractivity contribution is -0.124. The number of fused-ring (bicyclic) bond motifs is 1. The highest BCUT2D eigenvalue weighted by molar-refractivity contribution is 5.80. The van der Waals surface area contributed by atoms with Gasteiger partial charge in [-0.3, -0.25) is 4.79 Å². The lowest BCUT2D eigenvalue weighted by Gasteiger charge is -2.10. The highest BCUT2D eigenvalue weighted by Gasteiger charge is 2.16. The Kier molecular flexibility index (Phi) is 3.30. The molecule has 3 rings (SSSR count). The van der Waals surface area contributed by atoms with Crippen molar-refractivity contribution in [1.82, 2.24) is 35.5 Å². The van der Waals surface area contributed by atoms with Gasteiger partial charge in [0, 0.05) is 0 Å². The topological polar surface area (TPSA) is 101 Å². The fourth-order valence-corrected chi connectivity index (χ4v) is 1.90. The number of carbonyl (C=O) groups is 1. The fraction of sp³-hybridized carbons (Fsp3) is 0.250. The van der Waals surface area contributed by atoms with E-state index in [1.807, 2.05) is 0 Å². The van der Waals surface area contributed by atoms with Gasteiger partial charge in [-0.2, -0.15) is 0 Å². The summed E-state index contributed by atoms with van der Waals surface area (Å²) in [7, 11) is 0. The summed E-state index contributed by atoms with van der Waals surface area (Å²) in [5.74, 6) is -0.0316. The Morgan fingerprint density at radius 3 is 3.14 bits per heavy atom. The summed E-state index contributed by atoms with van der Waals surface area (Å²) in [5.41, 5.74) is 1.24. The van der Waals surface area contributed by atoms with Gasteiger partial charge in [0.25, 0.3) is 0 Å². The van der Waals surface area contributed by atoms with Crippen LogP contribution in [0.2, 0.25) is 0 Å². The third-order valence-electron chi connectivity index (χ3n) is 3.06. The number of nitrogens with zero attached hydrogens (tertiary/aromatic N) is 5. The second-order valence-electron chi connectivity index (χ2n) is 4.53. The zero-order valence-electron chi connectivity index (χ0n) is 11.1. The van der Waals surface area contributed by atoms with Crippen LogP contribution in [0.4, 0.5) is 4.39 Å². The van der Waals surface area contributed by atoms with E-state index in [1.54, 1.807) is 13.0 Å². The van der Waals surface area contributed by atoms with Gasteiger partial charge in [-0.1, -0.05) is 0 Å². The van der Waals surface area contributed by atoms with Crippen molar-refractivity contribution in [3.05, 3.63) is 36.2 Å². The van der Waals surface area contributed by atoms with Crippen molar-refractivity contribution >= 4 is 16.9 Å². The van der Waals surface area contributed by atoms with Gasteiger partial charge in [-0.05, 0) is 35.5 Å². The first kappa shape index (κ1) is 13.2. The van der Waals surface area contributed by atoms with E-state index in [0.717, 1.165) is 0 Å². The van der Waals surface area contributed by atoms with Gasteiger partial charge in [-0.25, -0.2) is 14.1 Å². The molecule has 1 amide bonds. The van der Waals surface area contributed by atoms with Gasteiger partial charge in [0.1, 0.15) is 24.0 Å². The first-order valence-corrected chi connectivity index (χ1v) is 6.28. The summed E-state index contributed by atoms with van der Waals surface area (Å²) >= 11 is 0. The molecule has 0 saturated heterocycles. The van der Waals surface area contributed by atoms with E-state index in [0.29, 0.717) is 16.9 Å². The Balaban J connectivity index is 1.67. The number of aromatic nitrogens is 6.